The van der Waals surface area contributed by atoms with Crippen LogP contribution in [0.25, 0.3) is 0 Å². The molecule has 0 aromatic carbocycles. The van der Waals surface area contributed by atoms with Crippen LogP contribution in [-0.4, -0.2) is 22.9 Å². The lowest BCUT2D eigenvalue weighted by Gasteiger charge is -2.02. The number of hydrogen-bond acceptors (Lipinski definition) is 2. The van der Waals surface area contributed by atoms with E-state index in [0.29, 0.717) is 6.42 Å². The molecule has 20 heavy (non-hydrogen) atoms. The molecule has 2 heteroatoms. The summed E-state index contributed by atoms with van der Waals surface area (Å²) in [4.78, 5) is 0. The molecule has 2 N–H and O–H groups in total. The molecule has 0 heterocycles. The largest absolute Gasteiger partial charge is 0.396 e. The second-order valence-corrected chi connectivity index (χ2v) is 5.83. The van der Waals surface area contributed by atoms with E-state index in [2.05, 4.69) is 6.92 Å². The lowest BCUT2D eigenvalue weighted by atomic mass is 10.1. The maximum Gasteiger partial charge on any atom is 0.0742 e. The van der Waals surface area contributed by atoms with Gasteiger partial charge in [-0.1, -0.05) is 83.3 Å². The Bertz CT molecular complexity index is 202. The molecule has 0 spiro atoms. The van der Waals surface area contributed by atoms with Crippen molar-refractivity contribution < 1.29 is 10.2 Å². The molecule has 2 nitrogen and oxygen atoms in total. The molecule has 120 valence electrons. The van der Waals surface area contributed by atoms with E-state index in [4.69, 9.17) is 5.11 Å². The fraction of sp³-hybridized carbons (Fsp3) is 0.889. The molecule has 0 saturated carbocycles. The molecule has 0 fully saturated rings. The van der Waals surface area contributed by atoms with Crippen LogP contribution in [0.15, 0.2) is 12.2 Å². The van der Waals surface area contributed by atoms with E-state index >= 15 is 0 Å². The third-order valence-electron chi connectivity index (χ3n) is 3.76. The summed E-state index contributed by atoms with van der Waals surface area (Å²) in [6.07, 6.45) is 20.0. The van der Waals surface area contributed by atoms with Crippen molar-refractivity contribution in [1.29, 1.82) is 0 Å². The number of unbranched alkanes of at least 4 members (excludes halogenated alkanes) is 11. The minimum atomic E-state index is -0.465. The molecule has 0 aromatic heterocycles. The van der Waals surface area contributed by atoms with Gasteiger partial charge in [-0.15, -0.1) is 0 Å². The van der Waals surface area contributed by atoms with Crippen LogP contribution >= 0.6 is 0 Å². The molecule has 0 aliphatic rings. The number of allylic oxidation sites excluding steroid dienone is 1. The van der Waals surface area contributed by atoms with Crippen molar-refractivity contribution >= 4 is 0 Å². The van der Waals surface area contributed by atoms with Crippen molar-refractivity contribution in [2.75, 3.05) is 6.61 Å². The predicted molar refractivity (Wildman–Crippen MR) is 87.9 cm³/mol. The molecule has 0 saturated heterocycles. The topological polar surface area (TPSA) is 40.5 Å². The Hall–Kier alpha value is -0.340. The number of aliphatic hydroxyl groups excluding tert-OH is 2. The van der Waals surface area contributed by atoms with Gasteiger partial charge < -0.3 is 10.2 Å². The van der Waals surface area contributed by atoms with Gasteiger partial charge in [-0.05, 0) is 19.3 Å². The van der Waals surface area contributed by atoms with Crippen molar-refractivity contribution in [2.24, 2.45) is 0 Å². The van der Waals surface area contributed by atoms with Crippen LogP contribution in [0, 0.1) is 0 Å². The van der Waals surface area contributed by atoms with Crippen molar-refractivity contribution in [1.82, 2.24) is 0 Å². The molecule has 0 bridgehead atoms. The summed E-state index contributed by atoms with van der Waals surface area (Å²) in [6, 6.07) is 0. The van der Waals surface area contributed by atoms with Crippen molar-refractivity contribution in [3.63, 3.8) is 0 Å². The smallest absolute Gasteiger partial charge is 0.0742 e. The van der Waals surface area contributed by atoms with E-state index in [-0.39, 0.29) is 6.61 Å². The quantitative estimate of drug-likeness (QED) is 0.328. The molecule has 0 rings (SSSR count). The molecule has 0 amide bonds. The van der Waals surface area contributed by atoms with Crippen LogP contribution < -0.4 is 0 Å². The SMILES string of the molecule is CCCCCCCCCCCCCC=CC(O)CCO. The van der Waals surface area contributed by atoms with E-state index in [1.165, 1.54) is 70.6 Å². The Morgan fingerprint density at radius 1 is 0.800 bits per heavy atom. The monoisotopic (exact) mass is 284 g/mol. The third kappa shape index (κ3) is 15.7. The van der Waals surface area contributed by atoms with Crippen LogP contribution in [0.5, 0.6) is 0 Å². The Balaban J connectivity index is 3.09. The maximum atomic E-state index is 9.38. The van der Waals surface area contributed by atoms with E-state index in [1.54, 1.807) is 0 Å². The van der Waals surface area contributed by atoms with E-state index in [0.717, 1.165) is 6.42 Å². The van der Waals surface area contributed by atoms with Gasteiger partial charge in [0.1, 0.15) is 0 Å². The first-order valence-corrected chi connectivity index (χ1v) is 8.76. The van der Waals surface area contributed by atoms with Gasteiger partial charge in [0.2, 0.25) is 0 Å². The minimum absolute atomic E-state index is 0.0595. The fourth-order valence-corrected chi connectivity index (χ4v) is 2.41. The van der Waals surface area contributed by atoms with Gasteiger partial charge in [0, 0.05) is 6.61 Å². The average molecular weight is 284 g/mol. The summed E-state index contributed by atoms with van der Waals surface area (Å²) in [5, 5.41) is 18.0. The molecule has 0 aliphatic heterocycles. The van der Waals surface area contributed by atoms with Crippen LogP contribution in [0.4, 0.5) is 0 Å². The van der Waals surface area contributed by atoms with Gasteiger partial charge in [0.25, 0.3) is 0 Å². The van der Waals surface area contributed by atoms with Gasteiger partial charge in [-0.25, -0.2) is 0 Å². The highest BCUT2D eigenvalue weighted by Gasteiger charge is 1.96. The van der Waals surface area contributed by atoms with E-state index in [9.17, 15) is 5.11 Å². The normalized spacial score (nSPS) is 13.2. The average Bonchev–Trinajstić information content (AvgIpc) is 2.44. The second kappa shape index (κ2) is 16.7. The lowest BCUT2D eigenvalue weighted by molar-refractivity contribution is 0.170. The summed E-state index contributed by atoms with van der Waals surface area (Å²) in [5.41, 5.74) is 0. The Morgan fingerprint density at radius 3 is 1.80 bits per heavy atom. The first-order valence-electron chi connectivity index (χ1n) is 8.76. The zero-order valence-corrected chi connectivity index (χ0v) is 13.5. The fourth-order valence-electron chi connectivity index (χ4n) is 2.41. The molecular formula is C18H36O2. The van der Waals surface area contributed by atoms with Crippen molar-refractivity contribution in [2.45, 2.75) is 96.5 Å². The first kappa shape index (κ1) is 19.7. The minimum Gasteiger partial charge on any atom is -0.396 e. The zero-order chi connectivity index (χ0) is 14.9. The molecule has 0 aromatic rings. The lowest BCUT2D eigenvalue weighted by Crippen LogP contribution is -2.03. The van der Waals surface area contributed by atoms with Crippen LogP contribution in [0.1, 0.15) is 90.4 Å². The summed E-state index contributed by atoms with van der Waals surface area (Å²) >= 11 is 0. The highest BCUT2D eigenvalue weighted by molar-refractivity contribution is 4.88. The van der Waals surface area contributed by atoms with Gasteiger partial charge in [-0.2, -0.15) is 0 Å². The van der Waals surface area contributed by atoms with Crippen molar-refractivity contribution in [3.05, 3.63) is 12.2 Å². The van der Waals surface area contributed by atoms with Crippen LogP contribution in [0.2, 0.25) is 0 Å². The molecule has 1 unspecified atom stereocenters. The second-order valence-electron chi connectivity index (χ2n) is 5.83. The predicted octanol–water partition coefficient (Wildman–Crippen LogP) is 4.99. The first-order chi connectivity index (χ1) is 9.81. The molecule has 0 radical (unpaired) electrons. The number of rotatable bonds is 15. The standard InChI is InChI=1S/C18H36O2/c1-2-3-4-5-6-7-8-9-10-11-12-13-14-15-18(20)16-17-19/h14-15,18-20H,2-13,16-17H2,1H3. The van der Waals surface area contributed by atoms with Gasteiger partial charge in [0.15, 0.2) is 0 Å². The third-order valence-corrected chi connectivity index (χ3v) is 3.76. The zero-order valence-electron chi connectivity index (χ0n) is 13.5. The summed E-state index contributed by atoms with van der Waals surface area (Å²) in [7, 11) is 0. The Kier molecular flexibility index (Phi) is 16.4. The highest BCUT2D eigenvalue weighted by atomic mass is 16.3. The summed E-state index contributed by atoms with van der Waals surface area (Å²) in [6.45, 7) is 2.33. The molecule has 0 aliphatic carbocycles. The van der Waals surface area contributed by atoms with Gasteiger partial charge >= 0.3 is 0 Å². The highest BCUT2D eigenvalue weighted by Crippen LogP contribution is 2.12. The number of aliphatic hydroxyl groups is 2. The van der Waals surface area contributed by atoms with Crippen LogP contribution in [-0.2, 0) is 0 Å². The Morgan fingerprint density at radius 2 is 1.30 bits per heavy atom. The summed E-state index contributed by atoms with van der Waals surface area (Å²) < 4.78 is 0. The van der Waals surface area contributed by atoms with Gasteiger partial charge in [-0.3, -0.25) is 0 Å². The molecular weight excluding hydrogens is 248 g/mol. The van der Waals surface area contributed by atoms with E-state index in [1.807, 2.05) is 12.2 Å². The van der Waals surface area contributed by atoms with E-state index < -0.39 is 6.10 Å². The van der Waals surface area contributed by atoms with Gasteiger partial charge in [0.05, 0.1) is 6.10 Å². The summed E-state index contributed by atoms with van der Waals surface area (Å²) in [5.74, 6) is 0. The maximum absolute atomic E-state index is 9.38. The van der Waals surface area contributed by atoms with Crippen molar-refractivity contribution in [3.8, 4) is 0 Å². The Labute approximate surface area is 126 Å². The molecule has 1 atom stereocenters. The number of hydrogen-bond donors (Lipinski definition) is 2. The van der Waals surface area contributed by atoms with Crippen LogP contribution in [0.3, 0.4) is 0 Å².